The van der Waals surface area contributed by atoms with Crippen LogP contribution in [0.3, 0.4) is 0 Å². The fourth-order valence-corrected chi connectivity index (χ4v) is 3.40. The van der Waals surface area contributed by atoms with E-state index in [0.29, 0.717) is 6.42 Å². The lowest BCUT2D eigenvalue weighted by molar-refractivity contribution is -0.122. The Morgan fingerprint density at radius 1 is 1.08 bits per heavy atom. The number of nitrogens with one attached hydrogen (secondary N) is 1. The number of carbonyl (C=O) groups is 1. The van der Waals surface area contributed by atoms with E-state index in [1.165, 1.54) is 5.56 Å². The van der Waals surface area contributed by atoms with Gasteiger partial charge in [-0.15, -0.1) is 0 Å². The first-order chi connectivity index (χ1) is 12.2. The molecule has 1 saturated heterocycles. The van der Waals surface area contributed by atoms with Crippen LogP contribution in [-0.4, -0.2) is 29.9 Å². The number of rotatable bonds is 6. The molecule has 0 aromatic heterocycles. The van der Waals surface area contributed by atoms with E-state index >= 15 is 0 Å². The molecule has 1 fully saturated rings. The molecule has 1 heterocycles. The van der Waals surface area contributed by atoms with Crippen LogP contribution in [0.4, 0.5) is 5.69 Å². The lowest BCUT2D eigenvalue weighted by atomic mass is 10.0. The highest BCUT2D eigenvalue weighted by Crippen LogP contribution is 2.14. The Morgan fingerprint density at radius 2 is 1.84 bits per heavy atom. The van der Waals surface area contributed by atoms with E-state index in [1.807, 2.05) is 30.3 Å². The zero-order valence-electron chi connectivity index (χ0n) is 14.7. The second kappa shape index (κ2) is 8.67. The Labute approximate surface area is 150 Å². The van der Waals surface area contributed by atoms with Crippen molar-refractivity contribution in [2.45, 2.75) is 38.3 Å². The number of benzene rings is 2. The molecule has 1 aliphatic rings. The smallest absolute Gasteiger partial charge is 0.220 e. The molecule has 132 valence electrons. The van der Waals surface area contributed by atoms with Crippen molar-refractivity contribution in [1.82, 2.24) is 10.2 Å². The van der Waals surface area contributed by atoms with Gasteiger partial charge in [0.05, 0.1) is 0 Å². The summed E-state index contributed by atoms with van der Waals surface area (Å²) in [5.74, 6) is 0.142. The van der Waals surface area contributed by atoms with E-state index in [1.54, 1.807) is 0 Å². The minimum absolute atomic E-state index is 0.142. The highest BCUT2D eigenvalue weighted by molar-refractivity contribution is 5.76. The molecule has 1 amide bonds. The van der Waals surface area contributed by atoms with E-state index < -0.39 is 0 Å². The van der Waals surface area contributed by atoms with Crippen molar-refractivity contribution in [1.29, 1.82) is 0 Å². The minimum Gasteiger partial charge on any atom is -0.399 e. The van der Waals surface area contributed by atoms with Gasteiger partial charge >= 0.3 is 0 Å². The van der Waals surface area contributed by atoms with Crippen molar-refractivity contribution < 1.29 is 4.79 Å². The van der Waals surface area contributed by atoms with Crippen molar-refractivity contribution in [2.75, 3.05) is 18.8 Å². The molecule has 3 rings (SSSR count). The molecule has 1 unspecified atom stereocenters. The third-order valence-electron chi connectivity index (χ3n) is 4.74. The van der Waals surface area contributed by atoms with E-state index in [9.17, 15) is 4.79 Å². The number of piperidine rings is 1. The van der Waals surface area contributed by atoms with Crippen LogP contribution < -0.4 is 11.1 Å². The SMILES string of the molecule is Nc1ccc(CCC(=O)NC2CCCN(Cc3ccccc3)C2)cc1. The molecule has 0 bridgehead atoms. The Hall–Kier alpha value is -2.33. The zero-order valence-corrected chi connectivity index (χ0v) is 14.7. The number of anilines is 1. The maximum atomic E-state index is 12.3. The normalized spacial score (nSPS) is 18.0. The summed E-state index contributed by atoms with van der Waals surface area (Å²) in [6.45, 7) is 2.99. The molecule has 0 aliphatic carbocycles. The number of hydrogen-bond donors (Lipinski definition) is 2. The number of carbonyl (C=O) groups excluding carboxylic acids is 1. The largest absolute Gasteiger partial charge is 0.399 e. The molecular formula is C21H27N3O. The Morgan fingerprint density at radius 3 is 2.60 bits per heavy atom. The Kier molecular flexibility index (Phi) is 6.07. The Balaban J connectivity index is 1.43. The molecule has 4 nitrogen and oxygen atoms in total. The van der Waals surface area contributed by atoms with Crippen LogP contribution in [0.1, 0.15) is 30.4 Å². The summed E-state index contributed by atoms with van der Waals surface area (Å²) in [5, 5.41) is 3.21. The third-order valence-corrected chi connectivity index (χ3v) is 4.74. The van der Waals surface area contributed by atoms with Crippen molar-refractivity contribution in [3.8, 4) is 0 Å². The van der Waals surface area contributed by atoms with Gasteiger partial charge < -0.3 is 11.1 Å². The number of amides is 1. The molecule has 1 aliphatic heterocycles. The van der Waals surface area contributed by atoms with Gasteiger partial charge in [0.25, 0.3) is 0 Å². The van der Waals surface area contributed by atoms with Gasteiger partial charge in [0.2, 0.25) is 5.91 Å². The average Bonchev–Trinajstić information content (AvgIpc) is 2.62. The van der Waals surface area contributed by atoms with E-state index in [4.69, 9.17) is 5.73 Å². The number of nitrogens with zero attached hydrogens (tertiary/aromatic N) is 1. The van der Waals surface area contributed by atoms with Crippen molar-refractivity contribution in [3.05, 3.63) is 65.7 Å². The Bertz CT molecular complexity index is 669. The molecule has 25 heavy (non-hydrogen) atoms. The fourth-order valence-electron chi connectivity index (χ4n) is 3.40. The summed E-state index contributed by atoms with van der Waals surface area (Å²) < 4.78 is 0. The first kappa shape index (κ1) is 17.5. The van der Waals surface area contributed by atoms with Gasteiger partial charge in [-0.05, 0) is 49.1 Å². The number of hydrogen-bond acceptors (Lipinski definition) is 3. The van der Waals surface area contributed by atoms with E-state index in [2.05, 4.69) is 34.5 Å². The zero-order chi connectivity index (χ0) is 17.5. The third kappa shape index (κ3) is 5.61. The summed E-state index contributed by atoms with van der Waals surface area (Å²) in [7, 11) is 0. The fraction of sp³-hybridized carbons (Fsp3) is 0.381. The van der Waals surface area contributed by atoms with Gasteiger partial charge in [-0.25, -0.2) is 0 Å². The van der Waals surface area contributed by atoms with Crippen molar-refractivity contribution in [2.24, 2.45) is 0 Å². The number of nitrogen functional groups attached to an aromatic ring is 1. The molecule has 2 aromatic rings. The summed E-state index contributed by atoms with van der Waals surface area (Å²) in [4.78, 5) is 14.7. The van der Waals surface area contributed by atoms with Gasteiger partial charge in [0, 0.05) is 31.2 Å². The van der Waals surface area contributed by atoms with E-state index in [0.717, 1.165) is 50.1 Å². The molecule has 0 radical (unpaired) electrons. The van der Waals surface area contributed by atoms with Gasteiger partial charge in [-0.3, -0.25) is 9.69 Å². The topological polar surface area (TPSA) is 58.4 Å². The maximum Gasteiger partial charge on any atom is 0.220 e. The predicted octanol–water partition coefficient (Wildman–Crippen LogP) is 2.98. The molecule has 2 aromatic carbocycles. The molecular weight excluding hydrogens is 310 g/mol. The van der Waals surface area contributed by atoms with Gasteiger partial charge in [-0.2, -0.15) is 0 Å². The molecule has 0 saturated carbocycles. The summed E-state index contributed by atoms with van der Waals surface area (Å²) in [5.41, 5.74) is 8.93. The summed E-state index contributed by atoms with van der Waals surface area (Å²) in [6.07, 6.45) is 3.49. The first-order valence-corrected chi connectivity index (χ1v) is 9.09. The highest BCUT2D eigenvalue weighted by Gasteiger charge is 2.21. The monoisotopic (exact) mass is 337 g/mol. The lowest BCUT2D eigenvalue weighted by Gasteiger charge is -2.33. The quantitative estimate of drug-likeness (QED) is 0.797. The number of nitrogens with two attached hydrogens (primary N) is 1. The van der Waals surface area contributed by atoms with Crippen LogP contribution in [-0.2, 0) is 17.8 Å². The van der Waals surface area contributed by atoms with Crippen LogP contribution in [0.25, 0.3) is 0 Å². The molecule has 1 atom stereocenters. The van der Waals surface area contributed by atoms with Gasteiger partial charge in [0.1, 0.15) is 0 Å². The first-order valence-electron chi connectivity index (χ1n) is 9.09. The predicted molar refractivity (Wildman–Crippen MR) is 102 cm³/mol. The van der Waals surface area contributed by atoms with Crippen LogP contribution in [0.2, 0.25) is 0 Å². The van der Waals surface area contributed by atoms with Crippen LogP contribution in [0, 0.1) is 0 Å². The molecule has 4 heteroatoms. The van der Waals surface area contributed by atoms with Crippen molar-refractivity contribution in [3.63, 3.8) is 0 Å². The highest BCUT2D eigenvalue weighted by atomic mass is 16.1. The van der Waals surface area contributed by atoms with E-state index in [-0.39, 0.29) is 11.9 Å². The average molecular weight is 337 g/mol. The molecule has 3 N–H and O–H groups in total. The maximum absolute atomic E-state index is 12.3. The van der Waals surface area contributed by atoms with Crippen LogP contribution in [0.5, 0.6) is 0 Å². The number of likely N-dealkylation sites (tertiary alicyclic amines) is 1. The number of aryl methyl sites for hydroxylation is 1. The van der Waals surface area contributed by atoms with Gasteiger partial charge in [0.15, 0.2) is 0 Å². The second-order valence-electron chi connectivity index (χ2n) is 6.87. The van der Waals surface area contributed by atoms with Crippen LogP contribution in [0.15, 0.2) is 54.6 Å². The minimum atomic E-state index is 0.142. The standard InChI is InChI=1S/C21H27N3O/c22-19-11-8-17(9-12-19)10-13-21(25)23-20-7-4-14-24(16-20)15-18-5-2-1-3-6-18/h1-3,5-6,8-9,11-12,20H,4,7,10,13-16,22H2,(H,23,25). The lowest BCUT2D eigenvalue weighted by Crippen LogP contribution is -2.47. The summed E-state index contributed by atoms with van der Waals surface area (Å²) >= 11 is 0. The summed E-state index contributed by atoms with van der Waals surface area (Å²) in [6, 6.07) is 18.5. The van der Waals surface area contributed by atoms with Crippen molar-refractivity contribution >= 4 is 11.6 Å². The molecule has 0 spiro atoms. The van der Waals surface area contributed by atoms with Crippen LogP contribution >= 0.6 is 0 Å². The second-order valence-corrected chi connectivity index (χ2v) is 6.87. The van der Waals surface area contributed by atoms with Gasteiger partial charge in [-0.1, -0.05) is 42.5 Å².